The van der Waals surface area contributed by atoms with Gasteiger partial charge in [-0.05, 0) is 37.9 Å². The molecule has 1 aromatic rings. The first-order valence-corrected chi connectivity index (χ1v) is 5.55. The molecule has 1 atom stereocenters. The zero-order valence-corrected chi connectivity index (χ0v) is 9.42. The number of rotatable bonds is 2. The summed E-state index contributed by atoms with van der Waals surface area (Å²) in [4.78, 5) is 4.31. The monoisotopic (exact) mass is 206 g/mol. The van der Waals surface area contributed by atoms with Crippen molar-refractivity contribution in [3.63, 3.8) is 0 Å². The zero-order valence-electron chi connectivity index (χ0n) is 9.42. The molecule has 1 aromatic heterocycles. The summed E-state index contributed by atoms with van der Waals surface area (Å²) in [7, 11) is 1.66. The van der Waals surface area contributed by atoms with Crippen molar-refractivity contribution < 1.29 is 4.74 Å². The number of methoxy groups -OCH3 is 1. The zero-order chi connectivity index (χ0) is 10.7. The predicted octanol–water partition coefficient (Wildman–Crippen LogP) is 2.21. The number of hydrogen-bond acceptors (Lipinski definition) is 3. The fraction of sp³-hybridized carbons (Fsp3) is 0.583. The van der Waals surface area contributed by atoms with Crippen molar-refractivity contribution in [3.8, 4) is 5.88 Å². The molecule has 0 spiro atoms. The Morgan fingerprint density at radius 2 is 2.33 bits per heavy atom. The molecule has 0 aromatic carbocycles. The van der Waals surface area contributed by atoms with Crippen LogP contribution in [0, 0.1) is 6.92 Å². The van der Waals surface area contributed by atoms with Crippen LogP contribution in [0.25, 0.3) is 0 Å². The average molecular weight is 206 g/mol. The first-order chi connectivity index (χ1) is 7.31. The van der Waals surface area contributed by atoms with Crippen molar-refractivity contribution >= 4 is 0 Å². The Labute approximate surface area is 90.9 Å². The van der Waals surface area contributed by atoms with Crippen LogP contribution in [0.3, 0.4) is 0 Å². The first kappa shape index (κ1) is 10.4. The van der Waals surface area contributed by atoms with Gasteiger partial charge in [-0.1, -0.05) is 6.42 Å². The van der Waals surface area contributed by atoms with Gasteiger partial charge in [-0.25, -0.2) is 4.98 Å². The number of nitrogens with zero attached hydrogens (tertiary/aromatic N) is 1. The lowest BCUT2D eigenvalue weighted by molar-refractivity contribution is 0.389. The van der Waals surface area contributed by atoms with Gasteiger partial charge in [-0.3, -0.25) is 0 Å². The van der Waals surface area contributed by atoms with Crippen LogP contribution >= 0.6 is 0 Å². The lowest BCUT2D eigenvalue weighted by atomic mass is 9.98. The summed E-state index contributed by atoms with van der Waals surface area (Å²) in [6.07, 6.45) is 5.74. The smallest absolute Gasteiger partial charge is 0.215 e. The van der Waals surface area contributed by atoms with E-state index in [9.17, 15) is 0 Å². The summed E-state index contributed by atoms with van der Waals surface area (Å²) >= 11 is 0. The van der Waals surface area contributed by atoms with Gasteiger partial charge in [0.25, 0.3) is 0 Å². The van der Waals surface area contributed by atoms with E-state index in [4.69, 9.17) is 4.74 Å². The van der Waals surface area contributed by atoms with Crippen LogP contribution in [0.4, 0.5) is 0 Å². The van der Waals surface area contributed by atoms with Crippen molar-refractivity contribution in [2.75, 3.05) is 13.7 Å². The van der Waals surface area contributed by atoms with Crippen molar-refractivity contribution in [3.05, 3.63) is 23.4 Å². The molecule has 3 heteroatoms. The van der Waals surface area contributed by atoms with E-state index in [0.717, 1.165) is 18.0 Å². The fourth-order valence-electron chi connectivity index (χ4n) is 2.12. The number of hydrogen-bond donors (Lipinski definition) is 1. The Bertz CT molecular complexity index is 332. The van der Waals surface area contributed by atoms with E-state index in [1.807, 2.05) is 13.1 Å². The van der Waals surface area contributed by atoms with E-state index in [1.165, 1.54) is 24.8 Å². The SMILES string of the molecule is COc1ncc([C@H]2CCCCN2)cc1C. The number of aryl methyl sites for hydroxylation is 1. The highest BCUT2D eigenvalue weighted by Gasteiger charge is 2.15. The van der Waals surface area contributed by atoms with Gasteiger partial charge in [-0.15, -0.1) is 0 Å². The van der Waals surface area contributed by atoms with E-state index in [-0.39, 0.29) is 0 Å². The largest absolute Gasteiger partial charge is 0.481 e. The minimum absolute atomic E-state index is 0.482. The highest BCUT2D eigenvalue weighted by molar-refractivity contribution is 5.30. The van der Waals surface area contributed by atoms with Crippen LogP contribution in [0.1, 0.15) is 36.4 Å². The number of piperidine rings is 1. The highest BCUT2D eigenvalue weighted by Crippen LogP contribution is 2.25. The maximum absolute atomic E-state index is 5.16. The molecule has 0 amide bonds. The summed E-state index contributed by atoms with van der Waals surface area (Å²) in [5.41, 5.74) is 2.40. The third-order valence-electron chi connectivity index (χ3n) is 2.96. The Morgan fingerprint density at radius 3 is 2.93 bits per heavy atom. The van der Waals surface area contributed by atoms with Gasteiger partial charge < -0.3 is 10.1 Å². The molecule has 3 nitrogen and oxygen atoms in total. The molecule has 0 unspecified atom stereocenters. The summed E-state index contributed by atoms with van der Waals surface area (Å²) in [5, 5.41) is 3.52. The molecular weight excluding hydrogens is 188 g/mol. The van der Waals surface area contributed by atoms with Crippen LogP contribution in [0.15, 0.2) is 12.3 Å². The van der Waals surface area contributed by atoms with Gasteiger partial charge in [0.15, 0.2) is 0 Å². The molecule has 15 heavy (non-hydrogen) atoms. The molecule has 0 bridgehead atoms. The van der Waals surface area contributed by atoms with Gasteiger partial charge in [0.1, 0.15) is 0 Å². The third kappa shape index (κ3) is 2.29. The number of nitrogens with one attached hydrogen (secondary N) is 1. The van der Waals surface area contributed by atoms with Crippen LogP contribution in [-0.4, -0.2) is 18.6 Å². The minimum Gasteiger partial charge on any atom is -0.481 e. The Hall–Kier alpha value is -1.09. The van der Waals surface area contributed by atoms with E-state index in [2.05, 4.69) is 16.4 Å². The van der Waals surface area contributed by atoms with Gasteiger partial charge in [-0.2, -0.15) is 0 Å². The number of aromatic nitrogens is 1. The number of ether oxygens (including phenoxy) is 1. The van der Waals surface area contributed by atoms with Crippen LogP contribution < -0.4 is 10.1 Å². The minimum atomic E-state index is 0.482. The molecular formula is C12H18N2O. The Balaban J connectivity index is 2.17. The van der Waals surface area contributed by atoms with Gasteiger partial charge in [0.05, 0.1) is 7.11 Å². The van der Waals surface area contributed by atoms with E-state index in [0.29, 0.717) is 6.04 Å². The molecule has 1 aliphatic rings. The standard InChI is InChI=1S/C12H18N2O/c1-9-7-10(8-14-12(9)15-2)11-5-3-4-6-13-11/h7-8,11,13H,3-6H2,1-2H3/t11-/m1/s1. The summed E-state index contributed by atoms with van der Waals surface area (Å²) in [6.45, 7) is 3.16. The lowest BCUT2D eigenvalue weighted by Gasteiger charge is -2.24. The first-order valence-electron chi connectivity index (χ1n) is 5.55. The second-order valence-corrected chi connectivity index (χ2v) is 4.10. The second-order valence-electron chi connectivity index (χ2n) is 4.10. The second kappa shape index (κ2) is 4.62. The van der Waals surface area contributed by atoms with Crippen molar-refractivity contribution in [1.82, 2.24) is 10.3 Å². The molecule has 1 N–H and O–H groups in total. The molecule has 1 aliphatic heterocycles. The maximum Gasteiger partial charge on any atom is 0.215 e. The molecule has 0 radical (unpaired) electrons. The van der Waals surface area contributed by atoms with Gasteiger partial charge >= 0.3 is 0 Å². The quantitative estimate of drug-likeness (QED) is 0.805. The molecule has 82 valence electrons. The normalized spacial score (nSPS) is 21.3. The van der Waals surface area contributed by atoms with E-state index < -0.39 is 0 Å². The van der Waals surface area contributed by atoms with Crippen molar-refractivity contribution in [2.45, 2.75) is 32.2 Å². The molecule has 2 rings (SSSR count). The average Bonchev–Trinajstić information content (AvgIpc) is 2.30. The Kier molecular flexibility index (Phi) is 3.21. The highest BCUT2D eigenvalue weighted by atomic mass is 16.5. The molecule has 2 heterocycles. The van der Waals surface area contributed by atoms with Crippen molar-refractivity contribution in [1.29, 1.82) is 0 Å². The third-order valence-corrected chi connectivity index (χ3v) is 2.96. The van der Waals surface area contributed by atoms with Gasteiger partial charge in [0, 0.05) is 17.8 Å². The molecule has 1 saturated heterocycles. The molecule has 0 aliphatic carbocycles. The summed E-state index contributed by atoms with van der Waals surface area (Å²) in [6, 6.07) is 2.66. The molecule has 1 fully saturated rings. The molecule has 0 saturated carbocycles. The fourth-order valence-corrected chi connectivity index (χ4v) is 2.12. The van der Waals surface area contributed by atoms with Crippen molar-refractivity contribution in [2.24, 2.45) is 0 Å². The van der Waals surface area contributed by atoms with E-state index in [1.54, 1.807) is 7.11 Å². The van der Waals surface area contributed by atoms with Crippen LogP contribution in [0.2, 0.25) is 0 Å². The van der Waals surface area contributed by atoms with E-state index >= 15 is 0 Å². The number of pyridine rings is 1. The lowest BCUT2D eigenvalue weighted by Crippen LogP contribution is -2.26. The van der Waals surface area contributed by atoms with Crippen LogP contribution in [-0.2, 0) is 0 Å². The summed E-state index contributed by atoms with van der Waals surface area (Å²) < 4.78 is 5.16. The predicted molar refractivity (Wildman–Crippen MR) is 60.1 cm³/mol. The van der Waals surface area contributed by atoms with Gasteiger partial charge in [0.2, 0.25) is 5.88 Å². The van der Waals surface area contributed by atoms with Crippen LogP contribution in [0.5, 0.6) is 5.88 Å². The summed E-state index contributed by atoms with van der Waals surface area (Å²) in [5.74, 6) is 0.731. The maximum atomic E-state index is 5.16. The Morgan fingerprint density at radius 1 is 1.47 bits per heavy atom. The topological polar surface area (TPSA) is 34.1 Å².